The van der Waals surface area contributed by atoms with E-state index >= 15 is 0 Å². The first kappa shape index (κ1) is 7.61. The van der Waals surface area contributed by atoms with Crippen molar-refractivity contribution in [3.8, 4) is 5.75 Å². The maximum Gasteiger partial charge on any atom is 0.143 e. The summed E-state index contributed by atoms with van der Waals surface area (Å²) in [5, 5.41) is 0. The number of rotatable bonds is 2. The van der Waals surface area contributed by atoms with Gasteiger partial charge in [0.1, 0.15) is 11.3 Å². The van der Waals surface area contributed by atoms with E-state index in [2.05, 4.69) is 22.9 Å². The minimum absolute atomic E-state index is 0.524. The molecule has 0 heterocycles. The van der Waals surface area contributed by atoms with Gasteiger partial charge < -0.3 is 4.74 Å². The summed E-state index contributed by atoms with van der Waals surface area (Å²) in [6.07, 6.45) is 0. The van der Waals surface area contributed by atoms with Gasteiger partial charge in [0.25, 0.3) is 0 Å². The van der Waals surface area contributed by atoms with Crippen LogP contribution in [0.2, 0.25) is 0 Å². The van der Waals surface area contributed by atoms with Crippen LogP contribution in [0.25, 0.3) is 0 Å². The van der Waals surface area contributed by atoms with E-state index < -0.39 is 0 Å². The molecule has 0 unspecified atom stereocenters. The molecule has 0 aromatic heterocycles. The molecule has 1 radical (unpaired) electrons. The highest BCUT2D eigenvalue weighted by molar-refractivity contribution is 9.09. The number of alkyl halides is 1. The normalized spacial score (nSPS) is 9.40. The summed E-state index contributed by atoms with van der Waals surface area (Å²) in [6, 6.07) is 7.64. The Kier molecular flexibility index (Phi) is 2.75. The number of ether oxygens (including phenoxy) is 1. The molecular weight excluding hydrogens is 192 g/mol. The Morgan fingerprint density at radius 2 is 2.30 bits per heavy atom. The molecule has 0 N–H and O–H groups in total. The number of halogens is 1. The van der Waals surface area contributed by atoms with Crippen LogP contribution in [0.1, 0.15) is 5.56 Å². The van der Waals surface area contributed by atoms with Gasteiger partial charge in [-0.2, -0.15) is 0 Å². The summed E-state index contributed by atoms with van der Waals surface area (Å²) in [6.45, 7) is 3.77. The molecule has 0 atom stereocenters. The average molecular weight is 200 g/mol. The molecule has 1 nitrogen and oxygen atoms in total. The van der Waals surface area contributed by atoms with E-state index in [1.807, 2.05) is 24.3 Å². The van der Waals surface area contributed by atoms with Gasteiger partial charge in [-0.15, -0.1) is 0 Å². The number of benzene rings is 1. The monoisotopic (exact) mass is 199 g/mol. The van der Waals surface area contributed by atoms with E-state index in [1.165, 1.54) is 0 Å². The molecule has 1 rings (SSSR count). The van der Waals surface area contributed by atoms with Crippen molar-refractivity contribution >= 4 is 15.9 Å². The third-order valence-corrected chi connectivity index (χ3v) is 1.35. The first-order valence-corrected chi connectivity index (χ1v) is 4.06. The van der Waals surface area contributed by atoms with Crippen LogP contribution in [-0.2, 0) is 0 Å². The Bertz CT molecular complexity index is 210. The molecule has 0 amide bonds. The van der Waals surface area contributed by atoms with Crippen molar-refractivity contribution in [3.05, 3.63) is 36.8 Å². The van der Waals surface area contributed by atoms with Crippen molar-refractivity contribution in [2.45, 2.75) is 0 Å². The van der Waals surface area contributed by atoms with E-state index in [1.54, 1.807) is 0 Å². The highest BCUT2D eigenvalue weighted by Gasteiger charge is 1.89. The lowest BCUT2D eigenvalue weighted by molar-refractivity contribution is 0.398. The van der Waals surface area contributed by atoms with Gasteiger partial charge in [0.15, 0.2) is 0 Å². The predicted octanol–water partition coefficient (Wildman–Crippen LogP) is 2.60. The second-order valence-corrected chi connectivity index (χ2v) is 2.36. The minimum Gasteiger partial charge on any atom is -0.482 e. The Labute approximate surface area is 69.1 Å². The molecule has 2 heteroatoms. The molecule has 0 spiro atoms. The van der Waals surface area contributed by atoms with Crippen molar-refractivity contribution in [3.63, 3.8) is 0 Å². The lowest BCUT2D eigenvalue weighted by atomic mass is 10.2. The zero-order valence-corrected chi connectivity index (χ0v) is 7.10. The average Bonchev–Trinajstić information content (AvgIpc) is 1.88. The van der Waals surface area contributed by atoms with Crippen LogP contribution >= 0.6 is 15.9 Å². The summed E-state index contributed by atoms with van der Waals surface area (Å²) < 4.78 is 5.16. The van der Waals surface area contributed by atoms with Crippen molar-refractivity contribution in [1.82, 2.24) is 0 Å². The predicted molar refractivity (Wildman–Crippen MR) is 45.3 cm³/mol. The van der Waals surface area contributed by atoms with Crippen LogP contribution in [-0.4, -0.2) is 5.52 Å². The van der Waals surface area contributed by atoms with Crippen LogP contribution in [0.3, 0.4) is 0 Å². The lowest BCUT2D eigenvalue weighted by Gasteiger charge is -2.00. The lowest BCUT2D eigenvalue weighted by Crippen LogP contribution is -1.87. The molecule has 0 aliphatic rings. The van der Waals surface area contributed by atoms with E-state index in [0.29, 0.717) is 5.52 Å². The smallest absolute Gasteiger partial charge is 0.143 e. The van der Waals surface area contributed by atoms with E-state index in [4.69, 9.17) is 4.74 Å². The molecule has 0 saturated carbocycles. The van der Waals surface area contributed by atoms with Gasteiger partial charge in [-0.25, -0.2) is 0 Å². The van der Waals surface area contributed by atoms with E-state index in [9.17, 15) is 0 Å². The minimum atomic E-state index is 0.524. The van der Waals surface area contributed by atoms with Gasteiger partial charge in [-0.1, -0.05) is 12.1 Å². The summed E-state index contributed by atoms with van der Waals surface area (Å²) in [4.78, 5) is 0. The fourth-order valence-electron chi connectivity index (χ4n) is 0.698. The van der Waals surface area contributed by atoms with Gasteiger partial charge >= 0.3 is 0 Å². The van der Waals surface area contributed by atoms with Crippen LogP contribution in [0.5, 0.6) is 5.75 Å². The topological polar surface area (TPSA) is 9.23 Å². The maximum atomic E-state index is 5.16. The molecule has 1 aromatic carbocycles. The molecule has 0 fully saturated rings. The second kappa shape index (κ2) is 3.62. The standard InChI is InChI=1S/C8H8BrO/c1-7-3-2-4-8(5-7)10-6-9/h2-5H,1,6H2. The highest BCUT2D eigenvalue weighted by atomic mass is 79.9. The summed E-state index contributed by atoms with van der Waals surface area (Å²) in [5.74, 6) is 0.851. The fraction of sp³-hybridized carbons (Fsp3) is 0.125. The van der Waals surface area contributed by atoms with Crippen molar-refractivity contribution < 1.29 is 4.74 Å². The summed E-state index contributed by atoms with van der Waals surface area (Å²) in [5.41, 5.74) is 1.50. The quantitative estimate of drug-likeness (QED) is 0.666. The molecule has 10 heavy (non-hydrogen) atoms. The van der Waals surface area contributed by atoms with Gasteiger partial charge in [-0.05, 0) is 40.5 Å². The van der Waals surface area contributed by atoms with Crippen molar-refractivity contribution in [1.29, 1.82) is 0 Å². The highest BCUT2D eigenvalue weighted by Crippen LogP contribution is 2.12. The van der Waals surface area contributed by atoms with Crippen molar-refractivity contribution in [2.24, 2.45) is 0 Å². The van der Waals surface area contributed by atoms with Crippen LogP contribution in [0.15, 0.2) is 24.3 Å². The SMILES string of the molecule is [CH2]c1cccc(OCBr)c1. The van der Waals surface area contributed by atoms with Crippen LogP contribution in [0.4, 0.5) is 0 Å². The molecular formula is C8H8BrO. The Morgan fingerprint density at radius 3 is 2.90 bits per heavy atom. The van der Waals surface area contributed by atoms with Crippen molar-refractivity contribution in [2.75, 3.05) is 5.52 Å². The fourth-order valence-corrected chi connectivity index (χ4v) is 0.963. The van der Waals surface area contributed by atoms with Gasteiger partial charge in [0.2, 0.25) is 0 Å². The summed E-state index contributed by atoms with van der Waals surface area (Å²) in [7, 11) is 0. The molecule has 0 saturated heterocycles. The zero-order chi connectivity index (χ0) is 7.40. The Balaban J connectivity index is 2.75. The maximum absolute atomic E-state index is 5.16. The Hall–Kier alpha value is -0.500. The molecule has 0 bridgehead atoms. The number of hydrogen-bond donors (Lipinski definition) is 0. The number of hydrogen-bond acceptors (Lipinski definition) is 1. The largest absolute Gasteiger partial charge is 0.482 e. The van der Waals surface area contributed by atoms with Gasteiger partial charge in [-0.3, -0.25) is 0 Å². The van der Waals surface area contributed by atoms with Crippen LogP contribution in [0, 0.1) is 6.92 Å². The van der Waals surface area contributed by atoms with Gasteiger partial charge in [0.05, 0.1) is 0 Å². The first-order valence-electron chi connectivity index (χ1n) is 2.93. The molecule has 0 aliphatic heterocycles. The summed E-state index contributed by atoms with van der Waals surface area (Å²) >= 11 is 3.17. The first-order chi connectivity index (χ1) is 4.83. The second-order valence-electron chi connectivity index (χ2n) is 1.90. The third kappa shape index (κ3) is 2.03. The van der Waals surface area contributed by atoms with Crippen LogP contribution < -0.4 is 4.74 Å². The molecule has 53 valence electrons. The third-order valence-electron chi connectivity index (χ3n) is 1.12. The molecule has 1 aromatic rings. The zero-order valence-electron chi connectivity index (χ0n) is 5.51. The molecule has 0 aliphatic carbocycles. The van der Waals surface area contributed by atoms with E-state index in [-0.39, 0.29) is 0 Å². The van der Waals surface area contributed by atoms with Gasteiger partial charge in [0, 0.05) is 0 Å². The Morgan fingerprint density at radius 1 is 1.50 bits per heavy atom. The van der Waals surface area contributed by atoms with E-state index in [0.717, 1.165) is 11.3 Å².